The van der Waals surface area contributed by atoms with Crippen LogP contribution in [-0.4, -0.2) is 15.5 Å². The largest absolute Gasteiger partial charge is 0.269 e. The van der Waals surface area contributed by atoms with Crippen LogP contribution in [0, 0.1) is 13.8 Å². The zero-order chi connectivity index (χ0) is 15.8. The number of aryl methyl sites for hydroxylation is 2. The lowest BCUT2D eigenvalue weighted by Crippen LogP contribution is -2.27. The van der Waals surface area contributed by atoms with Crippen molar-refractivity contribution in [3.05, 3.63) is 56.5 Å². The molecule has 2 aromatic carbocycles. The molecule has 0 heterocycles. The molecule has 0 spiro atoms. The van der Waals surface area contributed by atoms with E-state index in [1.54, 1.807) is 25.2 Å². The number of para-hydroxylation sites is 1. The third-order valence-electron chi connectivity index (χ3n) is 3.31. The number of anilines is 1. The Labute approximate surface area is 142 Å². The van der Waals surface area contributed by atoms with E-state index in [0.717, 1.165) is 15.6 Å². The van der Waals surface area contributed by atoms with Crippen LogP contribution in [-0.2, 0) is 10.0 Å². The predicted molar refractivity (Wildman–Crippen MR) is 93.3 cm³/mol. The molecule has 0 N–H and O–H groups in total. The molecule has 0 aliphatic carbocycles. The van der Waals surface area contributed by atoms with Crippen LogP contribution in [0.4, 0.5) is 5.69 Å². The number of nitrogens with zero attached hydrogens (tertiary/aromatic N) is 1. The molecule has 0 amide bonds. The molecular formula is C15H15Br2NO2S. The van der Waals surface area contributed by atoms with Crippen LogP contribution in [0.25, 0.3) is 0 Å². The minimum atomic E-state index is -3.63. The van der Waals surface area contributed by atoms with Gasteiger partial charge >= 0.3 is 0 Å². The van der Waals surface area contributed by atoms with E-state index in [1.165, 1.54) is 4.31 Å². The number of rotatable bonds is 3. The van der Waals surface area contributed by atoms with Crippen molar-refractivity contribution in [3.63, 3.8) is 0 Å². The van der Waals surface area contributed by atoms with Gasteiger partial charge in [0.15, 0.2) is 0 Å². The monoisotopic (exact) mass is 431 g/mol. The van der Waals surface area contributed by atoms with Gasteiger partial charge in [0, 0.05) is 16.0 Å². The molecule has 0 aromatic heterocycles. The second-order valence-corrected chi connectivity index (χ2v) is 8.44. The lowest BCUT2D eigenvalue weighted by molar-refractivity contribution is 0.593. The van der Waals surface area contributed by atoms with E-state index in [2.05, 4.69) is 31.9 Å². The highest BCUT2D eigenvalue weighted by molar-refractivity contribution is 9.11. The third kappa shape index (κ3) is 3.17. The van der Waals surface area contributed by atoms with Crippen molar-refractivity contribution < 1.29 is 8.42 Å². The Bertz CT molecular complexity index is 788. The maximum absolute atomic E-state index is 12.8. The fourth-order valence-electron chi connectivity index (χ4n) is 2.02. The Morgan fingerprint density at radius 1 is 0.952 bits per heavy atom. The Hall–Kier alpha value is -0.850. The fraction of sp³-hybridized carbons (Fsp3) is 0.200. The summed E-state index contributed by atoms with van der Waals surface area (Å²) in [6.45, 7) is 3.80. The van der Waals surface area contributed by atoms with Crippen LogP contribution in [0.5, 0.6) is 0 Å². The van der Waals surface area contributed by atoms with Crippen LogP contribution in [0.15, 0.2) is 50.2 Å². The second kappa shape index (κ2) is 6.10. The van der Waals surface area contributed by atoms with E-state index in [9.17, 15) is 8.42 Å². The molecule has 0 fully saturated rings. The molecule has 0 bridgehead atoms. The van der Waals surface area contributed by atoms with E-state index in [0.29, 0.717) is 10.2 Å². The van der Waals surface area contributed by atoms with Crippen molar-refractivity contribution in [1.29, 1.82) is 0 Å². The minimum absolute atomic E-state index is 0.241. The van der Waals surface area contributed by atoms with Gasteiger partial charge in [0.25, 0.3) is 10.0 Å². The highest BCUT2D eigenvalue weighted by atomic mass is 79.9. The molecule has 3 nitrogen and oxygen atoms in total. The van der Waals surface area contributed by atoms with Crippen LogP contribution in [0.1, 0.15) is 11.1 Å². The maximum Gasteiger partial charge on any atom is 0.265 e. The van der Waals surface area contributed by atoms with Crippen molar-refractivity contribution in [1.82, 2.24) is 0 Å². The Morgan fingerprint density at radius 3 is 2.19 bits per heavy atom. The quantitative estimate of drug-likeness (QED) is 0.707. The summed E-state index contributed by atoms with van der Waals surface area (Å²) in [5.41, 5.74) is 2.55. The molecule has 6 heteroatoms. The standard InChI is InChI=1S/C15H15Br2NO2S/c1-10-6-4-5-7-14(10)18(3)21(19,20)15-9-12(16)11(2)8-13(15)17/h4-9H,1-3H3. The summed E-state index contributed by atoms with van der Waals surface area (Å²) in [6.07, 6.45) is 0. The van der Waals surface area contributed by atoms with Crippen molar-refractivity contribution >= 4 is 47.6 Å². The van der Waals surface area contributed by atoms with Crippen molar-refractivity contribution in [3.8, 4) is 0 Å². The van der Waals surface area contributed by atoms with Gasteiger partial charge in [-0.3, -0.25) is 4.31 Å². The molecule has 2 aromatic rings. The number of sulfonamides is 1. The number of halogens is 2. The van der Waals surface area contributed by atoms with Gasteiger partial charge in [-0.05, 0) is 59.1 Å². The second-order valence-electron chi connectivity index (χ2n) is 4.79. The SMILES string of the molecule is Cc1cc(Br)c(S(=O)(=O)N(C)c2ccccc2C)cc1Br. The van der Waals surface area contributed by atoms with E-state index < -0.39 is 10.0 Å². The third-order valence-corrected chi connectivity index (χ3v) is 6.89. The van der Waals surface area contributed by atoms with E-state index >= 15 is 0 Å². The zero-order valence-electron chi connectivity index (χ0n) is 11.9. The smallest absolute Gasteiger partial charge is 0.265 e. The minimum Gasteiger partial charge on any atom is -0.269 e. The molecular weight excluding hydrogens is 418 g/mol. The summed E-state index contributed by atoms with van der Waals surface area (Å²) in [5.74, 6) is 0. The number of hydrogen-bond acceptors (Lipinski definition) is 2. The van der Waals surface area contributed by atoms with Crippen molar-refractivity contribution in [2.45, 2.75) is 18.7 Å². The molecule has 0 aliphatic heterocycles. The lowest BCUT2D eigenvalue weighted by Gasteiger charge is -2.22. The first-order valence-electron chi connectivity index (χ1n) is 6.25. The lowest BCUT2D eigenvalue weighted by atomic mass is 10.2. The van der Waals surface area contributed by atoms with Gasteiger partial charge in [0.1, 0.15) is 4.90 Å². The maximum atomic E-state index is 12.8. The van der Waals surface area contributed by atoms with Crippen LogP contribution in [0.3, 0.4) is 0 Å². The Kier molecular flexibility index (Phi) is 4.80. The van der Waals surface area contributed by atoms with Gasteiger partial charge in [0.05, 0.1) is 5.69 Å². The summed E-state index contributed by atoms with van der Waals surface area (Å²) >= 11 is 6.74. The summed E-state index contributed by atoms with van der Waals surface area (Å²) in [7, 11) is -2.06. The summed E-state index contributed by atoms with van der Waals surface area (Å²) in [6, 6.07) is 10.8. The molecule has 0 aliphatic rings. The normalized spacial score (nSPS) is 11.5. The summed E-state index contributed by atoms with van der Waals surface area (Å²) in [4.78, 5) is 0.241. The van der Waals surface area contributed by atoms with Crippen molar-refractivity contribution in [2.75, 3.05) is 11.4 Å². The van der Waals surface area contributed by atoms with Gasteiger partial charge in [-0.15, -0.1) is 0 Å². The van der Waals surface area contributed by atoms with Gasteiger partial charge < -0.3 is 0 Å². The molecule has 0 unspecified atom stereocenters. The highest BCUT2D eigenvalue weighted by Gasteiger charge is 2.25. The van der Waals surface area contributed by atoms with Crippen molar-refractivity contribution in [2.24, 2.45) is 0 Å². The average molecular weight is 433 g/mol. The molecule has 2 rings (SSSR count). The van der Waals surface area contributed by atoms with E-state index in [4.69, 9.17) is 0 Å². The predicted octanol–water partition coefficient (Wildman–Crippen LogP) is 4.65. The van der Waals surface area contributed by atoms with Gasteiger partial charge in [-0.25, -0.2) is 8.42 Å². The van der Waals surface area contributed by atoms with Gasteiger partial charge in [0.2, 0.25) is 0 Å². The topological polar surface area (TPSA) is 37.4 Å². The van der Waals surface area contributed by atoms with Crippen LogP contribution < -0.4 is 4.31 Å². The first-order chi connectivity index (χ1) is 9.75. The Morgan fingerprint density at radius 2 is 1.57 bits per heavy atom. The van der Waals surface area contributed by atoms with E-state index in [1.807, 2.05) is 32.0 Å². The average Bonchev–Trinajstić information content (AvgIpc) is 2.42. The highest BCUT2D eigenvalue weighted by Crippen LogP contribution is 2.32. The van der Waals surface area contributed by atoms with Crippen LogP contribution >= 0.6 is 31.9 Å². The molecule has 0 saturated heterocycles. The molecule has 21 heavy (non-hydrogen) atoms. The number of benzene rings is 2. The first kappa shape index (κ1) is 16.5. The molecule has 112 valence electrons. The van der Waals surface area contributed by atoms with Gasteiger partial charge in [-0.1, -0.05) is 34.1 Å². The summed E-state index contributed by atoms with van der Waals surface area (Å²) in [5, 5.41) is 0. The van der Waals surface area contributed by atoms with E-state index in [-0.39, 0.29) is 4.90 Å². The van der Waals surface area contributed by atoms with Gasteiger partial charge in [-0.2, -0.15) is 0 Å². The number of hydrogen-bond donors (Lipinski definition) is 0. The summed E-state index contributed by atoms with van der Waals surface area (Å²) < 4.78 is 28.3. The van der Waals surface area contributed by atoms with Crippen LogP contribution in [0.2, 0.25) is 0 Å². The fourth-order valence-corrected chi connectivity index (χ4v) is 4.92. The molecule has 0 radical (unpaired) electrons. The molecule has 0 saturated carbocycles. The zero-order valence-corrected chi connectivity index (χ0v) is 15.9. The molecule has 0 atom stereocenters. The Balaban J connectivity index is 2.58. The first-order valence-corrected chi connectivity index (χ1v) is 9.28.